The third kappa shape index (κ3) is 3.18. The summed E-state index contributed by atoms with van der Waals surface area (Å²) in [5.74, 6) is 0.546. The van der Waals surface area contributed by atoms with E-state index in [0.717, 1.165) is 19.4 Å². The summed E-state index contributed by atoms with van der Waals surface area (Å²) in [7, 11) is 0. The van der Waals surface area contributed by atoms with E-state index in [0.29, 0.717) is 18.8 Å². The van der Waals surface area contributed by atoms with E-state index in [-0.39, 0.29) is 10.4 Å². The highest BCUT2D eigenvalue weighted by molar-refractivity contribution is 6.32. The fourth-order valence-electron chi connectivity index (χ4n) is 1.96. The standard InChI is InChI=1S/C10H14Cl2N4O/c1-10(17)3-2-5-16(6-4-10)8-7(11)14-15-9(12)13-8/h17H,2-6H2,1H3. The van der Waals surface area contributed by atoms with E-state index in [1.54, 1.807) is 0 Å². The second kappa shape index (κ2) is 4.92. The lowest BCUT2D eigenvalue weighted by Crippen LogP contribution is -2.29. The average molecular weight is 277 g/mol. The first-order valence-corrected chi connectivity index (χ1v) is 6.27. The van der Waals surface area contributed by atoms with Gasteiger partial charge in [-0.05, 0) is 37.8 Å². The van der Waals surface area contributed by atoms with Gasteiger partial charge in [-0.25, -0.2) is 0 Å². The Bertz CT molecular complexity index is 413. The molecule has 94 valence electrons. The van der Waals surface area contributed by atoms with Crippen LogP contribution in [0.1, 0.15) is 26.2 Å². The Kier molecular flexibility index (Phi) is 3.70. The number of aromatic nitrogens is 3. The number of nitrogens with zero attached hydrogens (tertiary/aromatic N) is 4. The molecule has 2 heterocycles. The van der Waals surface area contributed by atoms with E-state index in [1.165, 1.54) is 0 Å². The van der Waals surface area contributed by atoms with Gasteiger partial charge in [0.1, 0.15) is 0 Å². The average Bonchev–Trinajstić information content (AvgIpc) is 2.43. The minimum absolute atomic E-state index is 0.0837. The van der Waals surface area contributed by atoms with Gasteiger partial charge in [0.05, 0.1) is 5.60 Å². The van der Waals surface area contributed by atoms with Gasteiger partial charge < -0.3 is 10.0 Å². The van der Waals surface area contributed by atoms with Crippen LogP contribution >= 0.6 is 23.2 Å². The lowest BCUT2D eigenvalue weighted by Gasteiger charge is -2.23. The molecule has 1 fully saturated rings. The summed E-state index contributed by atoms with van der Waals surface area (Å²) in [4.78, 5) is 6.08. The molecule has 5 nitrogen and oxygen atoms in total. The quantitative estimate of drug-likeness (QED) is 0.849. The molecular formula is C10H14Cl2N4O. The van der Waals surface area contributed by atoms with Crippen LogP contribution in [-0.2, 0) is 0 Å². The molecule has 1 aliphatic heterocycles. The zero-order chi connectivity index (χ0) is 12.5. The van der Waals surface area contributed by atoms with Gasteiger partial charge in [-0.1, -0.05) is 11.6 Å². The van der Waals surface area contributed by atoms with Crippen LogP contribution in [0.25, 0.3) is 0 Å². The van der Waals surface area contributed by atoms with Crippen molar-refractivity contribution in [3.05, 3.63) is 10.4 Å². The highest BCUT2D eigenvalue weighted by atomic mass is 35.5. The molecule has 7 heteroatoms. The van der Waals surface area contributed by atoms with E-state index >= 15 is 0 Å². The third-order valence-corrected chi connectivity index (χ3v) is 3.37. The summed E-state index contributed by atoms with van der Waals surface area (Å²) in [5.41, 5.74) is -0.620. The summed E-state index contributed by atoms with van der Waals surface area (Å²) >= 11 is 11.7. The van der Waals surface area contributed by atoms with Crippen LogP contribution < -0.4 is 4.90 Å². The second-order valence-corrected chi connectivity index (χ2v) is 5.23. The molecule has 0 spiro atoms. The largest absolute Gasteiger partial charge is 0.390 e. The van der Waals surface area contributed by atoms with Gasteiger partial charge in [0.2, 0.25) is 5.28 Å². The van der Waals surface area contributed by atoms with E-state index < -0.39 is 5.60 Å². The Morgan fingerprint density at radius 1 is 1.24 bits per heavy atom. The lowest BCUT2D eigenvalue weighted by molar-refractivity contribution is 0.0481. The van der Waals surface area contributed by atoms with E-state index in [2.05, 4.69) is 15.2 Å². The van der Waals surface area contributed by atoms with E-state index in [4.69, 9.17) is 23.2 Å². The Labute approximate surface area is 110 Å². The topological polar surface area (TPSA) is 62.1 Å². The minimum atomic E-state index is -0.620. The molecule has 0 aliphatic carbocycles. The molecule has 1 N–H and O–H groups in total. The van der Waals surface area contributed by atoms with Gasteiger partial charge in [-0.15, -0.1) is 10.2 Å². The number of hydrogen-bond acceptors (Lipinski definition) is 5. The number of rotatable bonds is 1. The summed E-state index contributed by atoms with van der Waals surface area (Å²) in [5, 5.41) is 17.7. The van der Waals surface area contributed by atoms with Gasteiger partial charge >= 0.3 is 0 Å². The highest BCUT2D eigenvalue weighted by Crippen LogP contribution is 2.27. The monoisotopic (exact) mass is 276 g/mol. The molecule has 0 bridgehead atoms. The molecular weight excluding hydrogens is 263 g/mol. The molecule has 0 aromatic carbocycles. The van der Waals surface area contributed by atoms with Crippen LogP contribution in [0, 0.1) is 0 Å². The maximum absolute atomic E-state index is 10.0. The Morgan fingerprint density at radius 2 is 2.00 bits per heavy atom. The van der Waals surface area contributed by atoms with E-state index in [1.807, 2.05) is 11.8 Å². The molecule has 1 aromatic rings. The predicted octanol–water partition coefficient (Wildman–Crippen LogP) is 1.92. The first-order valence-electron chi connectivity index (χ1n) is 5.51. The van der Waals surface area contributed by atoms with Crippen molar-refractivity contribution in [1.82, 2.24) is 15.2 Å². The maximum atomic E-state index is 10.0. The molecule has 1 aliphatic rings. The fourth-order valence-corrected chi connectivity index (χ4v) is 2.28. The zero-order valence-corrected chi connectivity index (χ0v) is 11.0. The summed E-state index contributed by atoms with van der Waals surface area (Å²) in [6.07, 6.45) is 2.32. The fraction of sp³-hybridized carbons (Fsp3) is 0.700. The van der Waals surface area contributed by atoms with Crippen LogP contribution in [0.15, 0.2) is 0 Å². The van der Waals surface area contributed by atoms with Crippen molar-refractivity contribution < 1.29 is 5.11 Å². The molecule has 1 aromatic heterocycles. The third-order valence-electron chi connectivity index (χ3n) is 2.97. The van der Waals surface area contributed by atoms with Crippen LogP contribution in [0.2, 0.25) is 10.4 Å². The van der Waals surface area contributed by atoms with Crippen molar-refractivity contribution in [3.8, 4) is 0 Å². The first kappa shape index (κ1) is 12.8. The molecule has 0 amide bonds. The SMILES string of the molecule is CC1(O)CCCN(c2nc(Cl)nnc2Cl)CC1. The second-order valence-electron chi connectivity index (χ2n) is 4.53. The predicted molar refractivity (Wildman–Crippen MR) is 66.5 cm³/mol. The van der Waals surface area contributed by atoms with Crippen LogP contribution in [-0.4, -0.2) is 39.0 Å². The summed E-state index contributed by atoms with van der Waals surface area (Å²) in [6.45, 7) is 3.32. The Hall–Kier alpha value is -0.650. The van der Waals surface area contributed by atoms with Crippen molar-refractivity contribution in [2.75, 3.05) is 18.0 Å². The van der Waals surface area contributed by atoms with Crippen molar-refractivity contribution in [2.45, 2.75) is 31.8 Å². The maximum Gasteiger partial charge on any atom is 0.245 e. The normalized spacial score (nSPS) is 25.8. The summed E-state index contributed by atoms with van der Waals surface area (Å²) in [6, 6.07) is 0. The van der Waals surface area contributed by atoms with E-state index in [9.17, 15) is 5.11 Å². The first-order chi connectivity index (χ1) is 7.98. The van der Waals surface area contributed by atoms with Crippen molar-refractivity contribution in [1.29, 1.82) is 0 Å². The molecule has 17 heavy (non-hydrogen) atoms. The van der Waals surface area contributed by atoms with Gasteiger partial charge in [0.15, 0.2) is 11.0 Å². The van der Waals surface area contributed by atoms with Crippen molar-refractivity contribution >= 4 is 29.0 Å². The number of anilines is 1. The van der Waals surface area contributed by atoms with Crippen LogP contribution in [0.3, 0.4) is 0 Å². The van der Waals surface area contributed by atoms with Gasteiger partial charge in [-0.3, -0.25) is 0 Å². The zero-order valence-electron chi connectivity index (χ0n) is 9.53. The number of hydrogen-bond donors (Lipinski definition) is 1. The Morgan fingerprint density at radius 3 is 2.76 bits per heavy atom. The highest BCUT2D eigenvalue weighted by Gasteiger charge is 2.26. The molecule has 2 rings (SSSR count). The summed E-state index contributed by atoms with van der Waals surface area (Å²) < 4.78 is 0. The number of aliphatic hydroxyl groups is 1. The minimum Gasteiger partial charge on any atom is -0.390 e. The Balaban J connectivity index is 2.19. The van der Waals surface area contributed by atoms with Gasteiger partial charge in [0, 0.05) is 13.1 Å². The van der Waals surface area contributed by atoms with Gasteiger partial charge in [-0.2, -0.15) is 4.98 Å². The van der Waals surface area contributed by atoms with Crippen LogP contribution in [0.4, 0.5) is 5.82 Å². The molecule has 1 atom stereocenters. The lowest BCUT2D eigenvalue weighted by atomic mass is 9.98. The van der Waals surface area contributed by atoms with Crippen molar-refractivity contribution in [2.24, 2.45) is 0 Å². The molecule has 0 radical (unpaired) electrons. The van der Waals surface area contributed by atoms with Gasteiger partial charge in [0.25, 0.3) is 0 Å². The molecule has 0 saturated carbocycles. The smallest absolute Gasteiger partial charge is 0.245 e. The molecule has 1 unspecified atom stereocenters. The van der Waals surface area contributed by atoms with Crippen LogP contribution in [0.5, 0.6) is 0 Å². The van der Waals surface area contributed by atoms with Crippen molar-refractivity contribution in [3.63, 3.8) is 0 Å². The number of halogens is 2. The molecule has 1 saturated heterocycles.